The minimum Gasteiger partial charge on any atom is -0.396 e. The number of carbonyl (C=O) groups excluding carboxylic acids is 1. The number of urea groups is 1. The van der Waals surface area contributed by atoms with Crippen molar-refractivity contribution in [2.75, 3.05) is 26.2 Å². The van der Waals surface area contributed by atoms with E-state index >= 15 is 0 Å². The van der Waals surface area contributed by atoms with Gasteiger partial charge in [0.2, 0.25) is 0 Å². The van der Waals surface area contributed by atoms with Crippen molar-refractivity contribution in [2.45, 2.75) is 19.0 Å². The van der Waals surface area contributed by atoms with Crippen LogP contribution in [0.1, 0.15) is 17.1 Å². The second kappa shape index (κ2) is 6.61. The van der Waals surface area contributed by atoms with Crippen molar-refractivity contribution in [2.24, 2.45) is 5.92 Å². The van der Waals surface area contributed by atoms with E-state index in [9.17, 15) is 18.0 Å². The van der Waals surface area contributed by atoms with Crippen LogP contribution in [0.5, 0.6) is 0 Å². The van der Waals surface area contributed by atoms with Gasteiger partial charge in [0.1, 0.15) is 0 Å². The molecule has 0 saturated carbocycles. The number of thiazole rings is 1. The van der Waals surface area contributed by atoms with E-state index in [2.05, 4.69) is 10.3 Å². The van der Waals surface area contributed by atoms with Crippen molar-refractivity contribution < 1.29 is 23.1 Å². The SMILES string of the molecule is O=C(NCCc1nc(C(F)(F)F)cs1)N1CCC(CO)C1. The summed E-state index contributed by atoms with van der Waals surface area (Å²) in [6, 6.07) is -0.251. The van der Waals surface area contributed by atoms with Crippen molar-refractivity contribution in [1.82, 2.24) is 15.2 Å². The summed E-state index contributed by atoms with van der Waals surface area (Å²) in [5, 5.41) is 13.0. The van der Waals surface area contributed by atoms with E-state index in [1.54, 1.807) is 4.90 Å². The van der Waals surface area contributed by atoms with Crippen LogP contribution in [0.15, 0.2) is 5.38 Å². The van der Waals surface area contributed by atoms with Gasteiger partial charge in [-0.1, -0.05) is 0 Å². The van der Waals surface area contributed by atoms with Crippen LogP contribution in [0.25, 0.3) is 0 Å². The highest BCUT2D eigenvalue weighted by Gasteiger charge is 2.33. The standard InChI is InChI=1S/C12H16F3N3O2S/c13-12(14,15)9-7-21-10(17-9)1-3-16-11(20)18-4-2-8(5-18)6-19/h7-8,19H,1-6H2,(H,16,20). The van der Waals surface area contributed by atoms with Crippen molar-refractivity contribution in [3.8, 4) is 0 Å². The van der Waals surface area contributed by atoms with Crippen LogP contribution in [0.4, 0.5) is 18.0 Å². The topological polar surface area (TPSA) is 65.5 Å². The van der Waals surface area contributed by atoms with Crippen LogP contribution in [-0.4, -0.2) is 47.3 Å². The van der Waals surface area contributed by atoms with Crippen LogP contribution in [-0.2, 0) is 12.6 Å². The molecule has 5 nitrogen and oxygen atoms in total. The van der Waals surface area contributed by atoms with Crippen LogP contribution in [0.3, 0.4) is 0 Å². The number of carbonyl (C=O) groups is 1. The molecule has 1 saturated heterocycles. The molecule has 118 valence electrons. The fourth-order valence-electron chi connectivity index (χ4n) is 2.11. The first kappa shape index (κ1) is 16.0. The smallest absolute Gasteiger partial charge is 0.396 e. The number of nitrogens with zero attached hydrogens (tertiary/aromatic N) is 2. The molecule has 1 aromatic rings. The van der Waals surface area contributed by atoms with Gasteiger partial charge < -0.3 is 15.3 Å². The highest BCUT2D eigenvalue weighted by Crippen LogP contribution is 2.30. The Hall–Kier alpha value is -1.35. The number of hydrogen-bond donors (Lipinski definition) is 2. The molecule has 0 radical (unpaired) electrons. The lowest BCUT2D eigenvalue weighted by Crippen LogP contribution is -2.39. The molecule has 2 rings (SSSR count). The van der Waals surface area contributed by atoms with Gasteiger partial charge in [0, 0.05) is 44.0 Å². The van der Waals surface area contributed by atoms with Crippen molar-refractivity contribution in [3.05, 3.63) is 16.1 Å². The molecule has 1 aliphatic rings. The first-order valence-electron chi connectivity index (χ1n) is 6.55. The summed E-state index contributed by atoms with van der Waals surface area (Å²) in [4.78, 5) is 16.9. The lowest BCUT2D eigenvalue weighted by molar-refractivity contribution is -0.140. The molecule has 0 aromatic carbocycles. The highest BCUT2D eigenvalue weighted by atomic mass is 32.1. The maximum absolute atomic E-state index is 12.4. The molecule has 21 heavy (non-hydrogen) atoms. The summed E-state index contributed by atoms with van der Waals surface area (Å²) >= 11 is 0.935. The summed E-state index contributed by atoms with van der Waals surface area (Å²) in [5.41, 5.74) is -0.890. The van der Waals surface area contributed by atoms with Gasteiger partial charge in [-0.25, -0.2) is 9.78 Å². The summed E-state index contributed by atoms with van der Waals surface area (Å²) in [6.07, 6.45) is -3.39. The second-order valence-electron chi connectivity index (χ2n) is 4.89. The van der Waals surface area contributed by atoms with E-state index < -0.39 is 11.9 Å². The molecule has 2 N–H and O–H groups in total. The number of likely N-dealkylation sites (tertiary alicyclic amines) is 1. The second-order valence-corrected chi connectivity index (χ2v) is 5.83. The Bertz CT molecular complexity index is 492. The maximum atomic E-state index is 12.4. The minimum atomic E-state index is -4.42. The Kier molecular flexibility index (Phi) is 5.04. The molecule has 1 aromatic heterocycles. The first-order valence-corrected chi connectivity index (χ1v) is 7.43. The van der Waals surface area contributed by atoms with E-state index in [-0.39, 0.29) is 31.5 Å². The van der Waals surface area contributed by atoms with Crippen LogP contribution >= 0.6 is 11.3 Å². The first-order chi connectivity index (χ1) is 9.90. The van der Waals surface area contributed by atoms with Crippen molar-refractivity contribution in [1.29, 1.82) is 0 Å². The molecule has 9 heteroatoms. The molecule has 2 amide bonds. The normalized spacial score (nSPS) is 19.0. The molecular formula is C12H16F3N3O2S. The number of aromatic nitrogens is 1. The van der Waals surface area contributed by atoms with E-state index in [1.165, 1.54) is 0 Å². The fraction of sp³-hybridized carbons (Fsp3) is 0.667. The molecule has 1 atom stereocenters. The summed E-state index contributed by atoms with van der Waals surface area (Å²) < 4.78 is 37.1. The van der Waals surface area contributed by atoms with Crippen molar-refractivity contribution in [3.63, 3.8) is 0 Å². The zero-order chi connectivity index (χ0) is 15.5. The van der Waals surface area contributed by atoms with Gasteiger partial charge in [-0.3, -0.25) is 0 Å². The fourth-order valence-corrected chi connectivity index (χ4v) is 2.92. The van der Waals surface area contributed by atoms with Crippen molar-refractivity contribution >= 4 is 17.4 Å². The van der Waals surface area contributed by atoms with E-state index in [1.807, 2.05) is 0 Å². The van der Waals surface area contributed by atoms with Gasteiger partial charge in [0.15, 0.2) is 5.69 Å². The molecular weight excluding hydrogens is 307 g/mol. The number of nitrogens with one attached hydrogen (secondary N) is 1. The zero-order valence-corrected chi connectivity index (χ0v) is 12.0. The Balaban J connectivity index is 1.74. The Morgan fingerprint density at radius 2 is 2.33 bits per heavy atom. The summed E-state index contributed by atoms with van der Waals surface area (Å²) in [7, 11) is 0. The molecule has 0 aliphatic carbocycles. The van der Waals surface area contributed by atoms with Crippen LogP contribution in [0, 0.1) is 5.92 Å². The number of hydrogen-bond acceptors (Lipinski definition) is 4. The monoisotopic (exact) mass is 323 g/mol. The minimum absolute atomic E-state index is 0.0586. The van der Waals surface area contributed by atoms with Gasteiger partial charge in [0.25, 0.3) is 0 Å². The highest BCUT2D eigenvalue weighted by molar-refractivity contribution is 7.09. The Labute approximate surface area is 123 Å². The lowest BCUT2D eigenvalue weighted by Gasteiger charge is -2.16. The van der Waals surface area contributed by atoms with Crippen LogP contribution < -0.4 is 5.32 Å². The average molecular weight is 323 g/mol. The van der Waals surface area contributed by atoms with Crippen LogP contribution in [0.2, 0.25) is 0 Å². The van der Waals surface area contributed by atoms with Gasteiger partial charge in [-0.05, 0) is 6.42 Å². The number of rotatable bonds is 4. The summed E-state index contributed by atoms with van der Waals surface area (Å²) in [5.74, 6) is 0.115. The molecule has 1 unspecified atom stereocenters. The predicted molar refractivity (Wildman–Crippen MR) is 71.0 cm³/mol. The maximum Gasteiger partial charge on any atom is 0.434 e. The number of halogens is 3. The van der Waals surface area contributed by atoms with E-state index in [0.717, 1.165) is 23.1 Å². The average Bonchev–Trinajstić information content (AvgIpc) is 3.06. The molecule has 0 spiro atoms. The van der Waals surface area contributed by atoms with Gasteiger partial charge >= 0.3 is 12.2 Å². The molecule has 2 heterocycles. The van der Waals surface area contributed by atoms with E-state index in [4.69, 9.17) is 5.11 Å². The number of aliphatic hydroxyl groups excluding tert-OH is 1. The molecule has 0 bridgehead atoms. The molecule has 1 aliphatic heterocycles. The van der Waals surface area contributed by atoms with Gasteiger partial charge in [-0.15, -0.1) is 11.3 Å². The third-order valence-electron chi connectivity index (χ3n) is 3.29. The Morgan fingerprint density at radius 1 is 1.57 bits per heavy atom. The van der Waals surface area contributed by atoms with Gasteiger partial charge in [0.05, 0.1) is 5.01 Å². The third-order valence-corrected chi connectivity index (χ3v) is 4.20. The summed E-state index contributed by atoms with van der Waals surface area (Å²) in [6.45, 7) is 1.40. The van der Waals surface area contributed by atoms with E-state index in [0.29, 0.717) is 18.1 Å². The quantitative estimate of drug-likeness (QED) is 0.887. The Morgan fingerprint density at radius 3 is 2.90 bits per heavy atom. The lowest BCUT2D eigenvalue weighted by atomic mass is 10.1. The third kappa shape index (κ3) is 4.31. The number of amides is 2. The largest absolute Gasteiger partial charge is 0.434 e. The molecule has 1 fully saturated rings. The number of aliphatic hydroxyl groups is 1. The number of alkyl halides is 3. The zero-order valence-electron chi connectivity index (χ0n) is 11.2. The predicted octanol–water partition coefficient (Wildman–Crippen LogP) is 1.73. The van der Waals surface area contributed by atoms with Gasteiger partial charge in [-0.2, -0.15) is 13.2 Å².